The van der Waals surface area contributed by atoms with Gasteiger partial charge in [-0.3, -0.25) is 4.79 Å². The van der Waals surface area contributed by atoms with Crippen LogP contribution in [0.5, 0.6) is 0 Å². The average Bonchev–Trinajstić information content (AvgIpc) is 3.55. The Bertz CT molecular complexity index is 1330. The number of hydrogen-bond donors (Lipinski definition) is 3. The molecule has 2 aromatic heterocycles. The summed E-state index contributed by atoms with van der Waals surface area (Å²) in [5, 5.41) is 12.4. The number of anilines is 2. The van der Waals surface area contributed by atoms with Gasteiger partial charge in [0.2, 0.25) is 0 Å². The summed E-state index contributed by atoms with van der Waals surface area (Å²) in [6.45, 7) is 6.67. The lowest BCUT2D eigenvalue weighted by Crippen LogP contribution is -2.41. The predicted molar refractivity (Wildman–Crippen MR) is 135 cm³/mol. The van der Waals surface area contributed by atoms with Crippen molar-refractivity contribution in [1.82, 2.24) is 14.7 Å². The number of aromatic nitrogens is 2. The Hall–Kier alpha value is -2.77. The Morgan fingerprint density at radius 3 is 2.18 bits per heavy atom. The van der Waals surface area contributed by atoms with Crippen LogP contribution in [0.1, 0.15) is 69.4 Å². The highest BCUT2D eigenvalue weighted by Gasteiger charge is 2.53. The lowest BCUT2D eigenvalue weighted by Gasteiger charge is -2.35. The summed E-state index contributed by atoms with van der Waals surface area (Å²) in [6.07, 6.45) is -1.09. The molecule has 4 rings (SSSR count). The zero-order valence-electron chi connectivity index (χ0n) is 21.7. The van der Waals surface area contributed by atoms with E-state index in [4.69, 9.17) is 0 Å². The number of aliphatic hydroxyl groups is 1. The summed E-state index contributed by atoms with van der Waals surface area (Å²) in [4.78, 5) is 23.2. The van der Waals surface area contributed by atoms with Crippen molar-refractivity contribution in [3.8, 4) is 0 Å². The fourth-order valence-electron chi connectivity index (χ4n) is 4.43. The van der Waals surface area contributed by atoms with Crippen LogP contribution < -0.4 is 14.9 Å². The van der Waals surface area contributed by atoms with Crippen LogP contribution in [0, 0.1) is 5.41 Å². The van der Waals surface area contributed by atoms with Gasteiger partial charge in [0, 0.05) is 18.6 Å². The molecule has 2 aromatic rings. The number of pyridine rings is 2. The summed E-state index contributed by atoms with van der Waals surface area (Å²) in [5.41, 5.74) is -4.34. The van der Waals surface area contributed by atoms with E-state index in [2.05, 4.69) is 20.0 Å². The number of carbonyl (C=O) groups is 1. The molecule has 9 nitrogen and oxygen atoms in total. The highest BCUT2D eigenvalue weighted by Crippen LogP contribution is 2.54. The van der Waals surface area contributed by atoms with Crippen LogP contribution in [0.4, 0.5) is 24.8 Å². The van der Waals surface area contributed by atoms with Gasteiger partial charge in [-0.05, 0) is 83.1 Å². The third-order valence-electron chi connectivity index (χ3n) is 6.93. The number of nitrogens with one attached hydrogen (secondary N) is 2. The number of rotatable bonds is 6. The van der Waals surface area contributed by atoms with Crippen LogP contribution in [0.3, 0.4) is 0 Å². The molecule has 1 saturated heterocycles. The first-order valence-corrected chi connectivity index (χ1v) is 13.8. The second kappa shape index (κ2) is 9.45. The molecule has 38 heavy (non-hydrogen) atoms. The third kappa shape index (κ3) is 5.94. The zero-order valence-corrected chi connectivity index (χ0v) is 22.5. The molecule has 1 amide bonds. The van der Waals surface area contributed by atoms with Gasteiger partial charge < -0.3 is 15.3 Å². The van der Waals surface area contributed by atoms with Gasteiger partial charge >= 0.3 is 6.18 Å². The van der Waals surface area contributed by atoms with Crippen molar-refractivity contribution in [2.75, 3.05) is 23.3 Å². The van der Waals surface area contributed by atoms with E-state index in [-0.39, 0.29) is 27.6 Å². The number of sulfonamides is 1. The molecule has 2 fully saturated rings. The van der Waals surface area contributed by atoms with Crippen LogP contribution in [-0.4, -0.2) is 54.2 Å². The van der Waals surface area contributed by atoms with Crippen molar-refractivity contribution < 1.29 is 31.5 Å². The van der Waals surface area contributed by atoms with Crippen molar-refractivity contribution in [3.63, 3.8) is 0 Å². The van der Waals surface area contributed by atoms with Gasteiger partial charge in [-0.15, -0.1) is 0 Å². The molecule has 1 aliphatic carbocycles. The predicted octanol–water partition coefficient (Wildman–Crippen LogP) is 3.96. The molecule has 13 heteroatoms. The second-order valence-electron chi connectivity index (χ2n) is 11.3. The lowest BCUT2D eigenvalue weighted by atomic mass is 9.93. The summed E-state index contributed by atoms with van der Waals surface area (Å²) >= 11 is 0. The summed E-state index contributed by atoms with van der Waals surface area (Å²) in [6, 6.07) is 6.27. The Kier molecular flexibility index (Phi) is 7.03. The Labute approximate surface area is 219 Å². The van der Waals surface area contributed by atoms with E-state index in [1.807, 2.05) is 0 Å². The van der Waals surface area contributed by atoms with Crippen molar-refractivity contribution in [2.24, 2.45) is 5.41 Å². The van der Waals surface area contributed by atoms with Crippen LogP contribution in [0.25, 0.3) is 0 Å². The minimum absolute atomic E-state index is 0.0126. The van der Waals surface area contributed by atoms with Crippen molar-refractivity contribution >= 4 is 27.6 Å². The van der Waals surface area contributed by atoms with Crippen molar-refractivity contribution in [1.29, 1.82) is 0 Å². The molecular weight excluding hydrogens is 523 g/mol. The molecule has 3 N–H and O–H groups in total. The maximum atomic E-state index is 13.5. The minimum atomic E-state index is -4.97. The quantitative estimate of drug-likeness (QED) is 0.493. The second-order valence-corrected chi connectivity index (χ2v) is 12.9. The summed E-state index contributed by atoms with van der Waals surface area (Å²) in [5.74, 6) is -0.749. The van der Waals surface area contributed by atoms with E-state index in [0.29, 0.717) is 20.0 Å². The van der Waals surface area contributed by atoms with E-state index >= 15 is 0 Å². The van der Waals surface area contributed by atoms with Crippen LogP contribution >= 0.6 is 0 Å². The Balaban J connectivity index is 1.65. The van der Waals surface area contributed by atoms with Gasteiger partial charge in [0.05, 0.1) is 11.3 Å². The third-order valence-corrected chi connectivity index (χ3v) is 8.59. The fourth-order valence-corrected chi connectivity index (χ4v) is 5.81. The van der Waals surface area contributed by atoms with E-state index in [0.717, 1.165) is 31.7 Å². The number of piperidine rings is 1. The molecule has 0 radical (unpaired) electrons. The van der Waals surface area contributed by atoms with E-state index in [9.17, 15) is 31.5 Å². The van der Waals surface area contributed by atoms with Gasteiger partial charge in [-0.25, -0.2) is 23.1 Å². The lowest BCUT2D eigenvalue weighted by molar-refractivity contribution is -0.260. The van der Waals surface area contributed by atoms with E-state index in [1.54, 1.807) is 25.7 Å². The molecule has 1 unspecified atom stereocenters. The molecule has 1 saturated carbocycles. The monoisotopic (exact) mass is 555 g/mol. The van der Waals surface area contributed by atoms with Gasteiger partial charge in [0.25, 0.3) is 15.9 Å². The summed E-state index contributed by atoms with van der Waals surface area (Å²) < 4.78 is 68.4. The highest BCUT2D eigenvalue weighted by molar-refractivity contribution is 7.89. The molecule has 1 spiro atoms. The maximum absolute atomic E-state index is 13.5. The number of alkyl halides is 3. The number of amides is 1. The SMILES string of the molecule is CC(C)(C)NS(=O)(=O)c1cccc(NC(=O)c2ccc(C(C)(O)C(F)(F)F)nc2N2CCC3(CC2)CC3)n1. The topological polar surface area (TPSA) is 125 Å². The van der Waals surface area contributed by atoms with Gasteiger partial charge in [0.1, 0.15) is 11.6 Å². The number of carbonyl (C=O) groups excluding carboxylic acids is 1. The van der Waals surface area contributed by atoms with Crippen molar-refractivity contribution in [3.05, 3.63) is 41.6 Å². The standard InChI is InChI=1S/C25H32F3N5O4S/c1-22(2,3)32-38(36,37)19-7-5-6-18(30-19)31-21(34)16-8-9-17(23(4,35)25(26,27)28)29-20(16)33-14-12-24(10-11-24)13-15-33/h5-9,32,35H,10-15H2,1-4H3,(H,30,31,34). The summed E-state index contributed by atoms with van der Waals surface area (Å²) in [7, 11) is -3.97. The van der Waals surface area contributed by atoms with Gasteiger partial charge in [-0.1, -0.05) is 6.07 Å². The first-order valence-electron chi connectivity index (χ1n) is 12.3. The molecule has 0 bridgehead atoms. The molecule has 1 atom stereocenters. The zero-order chi connectivity index (χ0) is 28.1. The molecule has 2 aliphatic rings. The maximum Gasteiger partial charge on any atom is 0.422 e. The Morgan fingerprint density at radius 2 is 1.63 bits per heavy atom. The first-order chi connectivity index (χ1) is 17.4. The smallest absolute Gasteiger partial charge is 0.375 e. The van der Waals surface area contributed by atoms with E-state index < -0.39 is 38.9 Å². The van der Waals surface area contributed by atoms with Gasteiger partial charge in [0.15, 0.2) is 10.6 Å². The van der Waals surface area contributed by atoms with Crippen LogP contribution in [-0.2, 0) is 15.6 Å². The largest absolute Gasteiger partial charge is 0.422 e. The molecule has 3 heterocycles. The van der Waals surface area contributed by atoms with Crippen LogP contribution in [0.2, 0.25) is 0 Å². The molecule has 1 aliphatic heterocycles. The molecule has 0 aromatic carbocycles. The fraction of sp³-hybridized carbons (Fsp3) is 0.560. The number of nitrogens with zero attached hydrogens (tertiary/aromatic N) is 3. The van der Waals surface area contributed by atoms with Gasteiger partial charge in [-0.2, -0.15) is 13.2 Å². The number of halogens is 3. The molecular formula is C25H32F3N5O4S. The van der Waals surface area contributed by atoms with Crippen LogP contribution in [0.15, 0.2) is 35.4 Å². The van der Waals surface area contributed by atoms with Crippen molar-refractivity contribution in [2.45, 2.75) is 75.7 Å². The normalized spacial score (nSPS) is 19.2. The molecule has 208 valence electrons. The Morgan fingerprint density at radius 1 is 1.00 bits per heavy atom. The average molecular weight is 556 g/mol. The minimum Gasteiger partial charge on any atom is -0.375 e. The highest BCUT2D eigenvalue weighted by atomic mass is 32.2. The first kappa shape index (κ1) is 28.2. The van der Waals surface area contributed by atoms with E-state index in [1.165, 1.54) is 24.3 Å². The number of hydrogen-bond acceptors (Lipinski definition) is 7.